The van der Waals surface area contributed by atoms with Gasteiger partial charge in [-0.25, -0.2) is 8.78 Å². The summed E-state index contributed by atoms with van der Waals surface area (Å²) in [6, 6.07) is 9.71. The molecule has 0 heterocycles. The first-order valence-electron chi connectivity index (χ1n) is 7.25. The zero-order valence-corrected chi connectivity index (χ0v) is 12.7. The minimum atomic E-state index is -0.254. The minimum absolute atomic E-state index is 0.157. The molecule has 0 saturated heterocycles. The molecule has 112 valence electrons. The van der Waals surface area contributed by atoms with Crippen LogP contribution in [0.4, 0.5) is 8.78 Å². The summed E-state index contributed by atoms with van der Waals surface area (Å²) in [5, 5.41) is 3.30. The molecule has 1 nitrogen and oxygen atoms in total. The van der Waals surface area contributed by atoms with Crippen LogP contribution in [-0.2, 0) is 6.42 Å². The standard InChI is InChI=1S/C18H21F2N/c1-4-21-18(16-9-12(2)5-8-17(16)20)11-14-10-15(19)7-6-13(14)3/h5-10,18,21H,4,11H2,1-3H3. The fraction of sp³-hybridized carbons (Fsp3) is 0.333. The summed E-state index contributed by atoms with van der Waals surface area (Å²) in [7, 11) is 0. The molecule has 21 heavy (non-hydrogen) atoms. The highest BCUT2D eigenvalue weighted by molar-refractivity contribution is 5.32. The topological polar surface area (TPSA) is 12.0 Å². The van der Waals surface area contributed by atoms with Gasteiger partial charge < -0.3 is 5.32 Å². The van der Waals surface area contributed by atoms with Crippen LogP contribution in [0.1, 0.15) is 35.2 Å². The maximum absolute atomic E-state index is 14.1. The van der Waals surface area contributed by atoms with E-state index >= 15 is 0 Å². The number of aryl methyl sites for hydroxylation is 2. The molecular formula is C18H21F2N. The number of benzene rings is 2. The lowest BCUT2D eigenvalue weighted by Crippen LogP contribution is -2.24. The van der Waals surface area contributed by atoms with Crippen molar-refractivity contribution in [2.24, 2.45) is 0 Å². The number of hydrogen-bond donors (Lipinski definition) is 1. The number of hydrogen-bond acceptors (Lipinski definition) is 1. The average molecular weight is 289 g/mol. The molecule has 0 aromatic heterocycles. The van der Waals surface area contributed by atoms with Gasteiger partial charge in [0.25, 0.3) is 0 Å². The first kappa shape index (κ1) is 15.6. The zero-order valence-electron chi connectivity index (χ0n) is 12.7. The van der Waals surface area contributed by atoms with Crippen molar-refractivity contribution in [1.82, 2.24) is 5.32 Å². The third-order valence-electron chi connectivity index (χ3n) is 3.71. The Balaban J connectivity index is 2.35. The molecule has 0 radical (unpaired) electrons. The van der Waals surface area contributed by atoms with Gasteiger partial charge in [0, 0.05) is 11.6 Å². The molecule has 1 unspecified atom stereocenters. The van der Waals surface area contributed by atoms with Gasteiger partial charge in [-0.3, -0.25) is 0 Å². The summed E-state index contributed by atoms with van der Waals surface area (Å²) >= 11 is 0. The van der Waals surface area contributed by atoms with Gasteiger partial charge in [-0.05, 0) is 56.1 Å². The van der Waals surface area contributed by atoms with Crippen LogP contribution in [0.15, 0.2) is 36.4 Å². The summed E-state index contributed by atoms with van der Waals surface area (Å²) in [6.45, 7) is 6.61. The van der Waals surface area contributed by atoms with Gasteiger partial charge in [-0.15, -0.1) is 0 Å². The van der Waals surface area contributed by atoms with Gasteiger partial charge in [-0.2, -0.15) is 0 Å². The number of nitrogens with one attached hydrogen (secondary N) is 1. The summed E-state index contributed by atoms with van der Waals surface area (Å²) in [5.74, 6) is -0.476. The molecule has 0 fully saturated rings. The molecule has 0 aliphatic carbocycles. The second-order valence-electron chi connectivity index (χ2n) is 5.41. The van der Waals surface area contributed by atoms with Gasteiger partial charge in [-0.1, -0.05) is 30.7 Å². The van der Waals surface area contributed by atoms with Crippen molar-refractivity contribution in [2.45, 2.75) is 33.2 Å². The highest BCUT2D eigenvalue weighted by atomic mass is 19.1. The average Bonchev–Trinajstić information content (AvgIpc) is 2.45. The van der Waals surface area contributed by atoms with Crippen LogP contribution in [0.3, 0.4) is 0 Å². The summed E-state index contributed by atoms with van der Waals surface area (Å²) in [4.78, 5) is 0. The molecule has 2 aromatic rings. The molecule has 0 aliphatic heterocycles. The Morgan fingerprint density at radius 3 is 2.52 bits per heavy atom. The summed E-state index contributed by atoms with van der Waals surface area (Å²) < 4.78 is 27.5. The van der Waals surface area contributed by atoms with E-state index in [0.29, 0.717) is 12.0 Å². The molecule has 0 bridgehead atoms. The lowest BCUT2D eigenvalue weighted by molar-refractivity contribution is 0.507. The van der Waals surface area contributed by atoms with Gasteiger partial charge >= 0.3 is 0 Å². The van der Waals surface area contributed by atoms with Crippen LogP contribution in [0.25, 0.3) is 0 Å². The quantitative estimate of drug-likeness (QED) is 0.856. The summed E-state index contributed by atoms with van der Waals surface area (Å²) in [5.41, 5.74) is 3.58. The Morgan fingerprint density at radius 2 is 1.81 bits per heavy atom. The molecule has 0 saturated carbocycles. The van der Waals surface area contributed by atoms with Crippen molar-refractivity contribution in [1.29, 1.82) is 0 Å². The Kier molecular flexibility index (Phi) is 5.07. The SMILES string of the molecule is CCNC(Cc1cc(F)ccc1C)c1cc(C)ccc1F. The lowest BCUT2D eigenvalue weighted by atomic mass is 9.94. The Bertz CT molecular complexity index is 623. The van der Waals surface area contributed by atoms with Gasteiger partial charge in [0.15, 0.2) is 0 Å². The molecule has 1 N–H and O–H groups in total. The third kappa shape index (κ3) is 3.88. The van der Waals surface area contributed by atoms with Crippen molar-refractivity contribution in [3.63, 3.8) is 0 Å². The van der Waals surface area contributed by atoms with E-state index < -0.39 is 0 Å². The van der Waals surface area contributed by atoms with Crippen LogP contribution in [0, 0.1) is 25.5 Å². The second kappa shape index (κ2) is 6.81. The fourth-order valence-corrected chi connectivity index (χ4v) is 2.55. The maximum Gasteiger partial charge on any atom is 0.128 e. The predicted octanol–water partition coefficient (Wildman–Crippen LogP) is 4.47. The molecular weight excluding hydrogens is 268 g/mol. The first-order valence-corrected chi connectivity index (χ1v) is 7.25. The van der Waals surface area contributed by atoms with Crippen molar-refractivity contribution in [3.8, 4) is 0 Å². The molecule has 2 aromatic carbocycles. The van der Waals surface area contributed by atoms with Gasteiger partial charge in [0.1, 0.15) is 11.6 Å². The number of rotatable bonds is 5. The van der Waals surface area contributed by atoms with E-state index in [1.165, 1.54) is 18.2 Å². The van der Waals surface area contributed by atoms with Gasteiger partial charge in [0.2, 0.25) is 0 Å². The highest BCUT2D eigenvalue weighted by Gasteiger charge is 2.17. The van der Waals surface area contributed by atoms with Crippen molar-refractivity contribution in [3.05, 3.63) is 70.3 Å². The van der Waals surface area contributed by atoms with E-state index in [1.54, 1.807) is 12.1 Å². The van der Waals surface area contributed by atoms with Crippen LogP contribution >= 0.6 is 0 Å². The van der Waals surface area contributed by atoms with Crippen LogP contribution in [-0.4, -0.2) is 6.54 Å². The Morgan fingerprint density at radius 1 is 1.05 bits per heavy atom. The smallest absolute Gasteiger partial charge is 0.128 e. The van der Waals surface area contributed by atoms with Gasteiger partial charge in [0.05, 0.1) is 0 Å². The third-order valence-corrected chi connectivity index (χ3v) is 3.71. The number of likely N-dealkylation sites (N-methyl/N-ethyl adjacent to an activating group) is 1. The largest absolute Gasteiger partial charge is 0.310 e. The lowest BCUT2D eigenvalue weighted by Gasteiger charge is -2.20. The predicted molar refractivity (Wildman–Crippen MR) is 82.4 cm³/mol. The Hall–Kier alpha value is -1.74. The van der Waals surface area contributed by atoms with Crippen LogP contribution in [0.2, 0.25) is 0 Å². The van der Waals surface area contributed by atoms with Crippen molar-refractivity contribution < 1.29 is 8.78 Å². The molecule has 0 amide bonds. The van der Waals surface area contributed by atoms with Crippen LogP contribution in [0.5, 0.6) is 0 Å². The molecule has 1 atom stereocenters. The van der Waals surface area contributed by atoms with E-state index in [4.69, 9.17) is 0 Å². The van der Waals surface area contributed by atoms with E-state index in [2.05, 4.69) is 5.32 Å². The monoisotopic (exact) mass is 289 g/mol. The zero-order chi connectivity index (χ0) is 15.4. The molecule has 3 heteroatoms. The Labute approximate surface area is 125 Å². The molecule has 0 aliphatic rings. The van der Waals surface area contributed by atoms with Crippen LogP contribution < -0.4 is 5.32 Å². The molecule has 2 rings (SSSR count). The van der Waals surface area contributed by atoms with Crippen molar-refractivity contribution in [2.75, 3.05) is 6.54 Å². The summed E-state index contributed by atoms with van der Waals surface area (Å²) in [6.07, 6.45) is 0.567. The van der Waals surface area contributed by atoms with E-state index in [0.717, 1.165) is 23.2 Å². The molecule has 0 spiro atoms. The van der Waals surface area contributed by atoms with E-state index in [-0.39, 0.29) is 17.7 Å². The fourth-order valence-electron chi connectivity index (χ4n) is 2.55. The van der Waals surface area contributed by atoms with E-state index in [1.807, 2.05) is 26.8 Å². The highest BCUT2D eigenvalue weighted by Crippen LogP contribution is 2.24. The van der Waals surface area contributed by atoms with Crippen molar-refractivity contribution >= 4 is 0 Å². The minimum Gasteiger partial charge on any atom is -0.310 e. The normalized spacial score (nSPS) is 12.4. The first-order chi connectivity index (χ1) is 10.0. The number of halogens is 2. The van der Waals surface area contributed by atoms with E-state index in [9.17, 15) is 8.78 Å². The second-order valence-corrected chi connectivity index (χ2v) is 5.41. The maximum atomic E-state index is 14.1.